The zero-order valence-corrected chi connectivity index (χ0v) is 16.4. The molecule has 0 aliphatic heterocycles. The van der Waals surface area contributed by atoms with E-state index in [0.29, 0.717) is 32.2 Å². The van der Waals surface area contributed by atoms with Crippen molar-refractivity contribution in [3.05, 3.63) is 0 Å². The fraction of sp³-hybridized carbons (Fsp3) is 0.917. The van der Waals surface area contributed by atoms with Gasteiger partial charge in [-0.1, -0.05) is 0 Å². The van der Waals surface area contributed by atoms with Gasteiger partial charge in [0.05, 0.1) is 0 Å². The minimum absolute atomic E-state index is 0.0737. The van der Waals surface area contributed by atoms with Crippen LogP contribution in [-0.2, 0) is 31.0 Å². The lowest BCUT2D eigenvalue weighted by atomic mass is 10.5. The van der Waals surface area contributed by atoms with E-state index in [0.717, 1.165) is 0 Å². The van der Waals surface area contributed by atoms with Gasteiger partial charge in [-0.15, -0.1) is 0 Å². The van der Waals surface area contributed by atoms with Crippen LogP contribution in [0.25, 0.3) is 0 Å². The molecule has 0 atom stereocenters. The Labute approximate surface area is 135 Å². The Morgan fingerprint density at radius 2 is 1.50 bits per heavy atom. The minimum Gasteiger partial charge on any atom is -0.374 e. The van der Waals surface area contributed by atoms with Crippen molar-refractivity contribution in [2.24, 2.45) is 0 Å². The first-order valence-corrected chi connectivity index (χ1v) is 10.9. The van der Waals surface area contributed by atoms with E-state index < -0.39 is 17.9 Å². The maximum atomic E-state index is 10.9. The highest BCUT2D eigenvalue weighted by Gasteiger charge is 2.54. The maximum Gasteiger partial charge on any atom is 0.671 e. The first kappa shape index (κ1) is 21.7. The van der Waals surface area contributed by atoms with Crippen LogP contribution in [0.5, 0.6) is 0 Å². The molecule has 0 aliphatic rings. The van der Waals surface area contributed by atoms with Gasteiger partial charge in [-0.3, -0.25) is 4.79 Å². The molecule has 0 unspecified atom stereocenters. The molecular weight excluding hydrogens is 326 g/mol. The van der Waals surface area contributed by atoms with Crippen LogP contribution in [0, 0.1) is 0 Å². The lowest BCUT2D eigenvalue weighted by Gasteiger charge is -2.35. The summed E-state index contributed by atoms with van der Waals surface area (Å²) >= 11 is 0. The summed E-state index contributed by atoms with van der Waals surface area (Å²) in [5.41, 5.74) is 0. The van der Waals surface area contributed by atoms with E-state index >= 15 is 0 Å². The summed E-state index contributed by atoms with van der Waals surface area (Å²) in [6.45, 7) is 6.61. The molecule has 8 nitrogen and oxygen atoms in total. The molecule has 0 rings (SSSR count). The van der Waals surface area contributed by atoms with Gasteiger partial charge < -0.3 is 31.6 Å². The average molecular weight is 356 g/mol. The fourth-order valence-corrected chi connectivity index (χ4v) is 7.64. The molecule has 0 aromatic rings. The summed E-state index contributed by atoms with van der Waals surface area (Å²) in [5.74, 6) is -0.0737. The van der Waals surface area contributed by atoms with E-state index in [9.17, 15) is 4.79 Å². The Bertz CT molecular complexity index is 302. The summed E-state index contributed by atoms with van der Waals surface area (Å²) in [6, 6.07) is 0.528. The highest BCUT2D eigenvalue weighted by molar-refractivity contribution is 6.72. The van der Waals surface area contributed by atoms with Crippen molar-refractivity contribution in [2.75, 3.05) is 41.1 Å². The molecule has 0 heterocycles. The zero-order chi connectivity index (χ0) is 17.1. The quantitative estimate of drug-likeness (QED) is 0.388. The van der Waals surface area contributed by atoms with Crippen LogP contribution >= 0.6 is 0 Å². The molecule has 132 valence electrons. The van der Waals surface area contributed by atoms with Crippen LogP contribution < -0.4 is 5.32 Å². The molecule has 0 saturated carbocycles. The van der Waals surface area contributed by atoms with Crippen molar-refractivity contribution < 1.29 is 31.0 Å². The molecule has 22 heavy (non-hydrogen) atoms. The van der Waals surface area contributed by atoms with Gasteiger partial charge in [0.2, 0.25) is 5.91 Å². The Balaban J connectivity index is 4.99. The molecule has 0 aromatic carbocycles. The van der Waals surface area contributed by atoms with Crippen LogP contribution in [0.2, 0.25) is 6.04 Å². The Kier molecular flexibility index (Phi) is 11.1. The highest BCUT2D eigenvalue weighted by atomic mass is 28.5. The van der Waals surface area contributed by atoms with Gasteiger partial charge in [-0.05, 0) is 20.3 Å². The van der Waals surface area contributed by atoms with Crippen molar-refractivity contribution >= 4 is 23.8 Å². The van der Waals surface area contributed by atoms with Gasteiger partial charge in [0.25, 0.3) is 0 Å². The van der Waals surface area contributed by atoms with E-state index in [4.69, 9.17) is 26.2 Å². The standard InChI is InChI=1S/C12H29NO7Si2/c1-7-18-21(19-8-2,11-9-10-13-12(3)14)20-22(15-4,16-5)17-6/h7-11H2,1-6H3,(H,13,14). The third-order valence-electron chi connectivity index (χ3n) is 2.79. The van der Waals surface area contributed by atoms with Crippen molar-refractivity contribution in [1.82, 2.24) is 5.32 Å². The SMILES string of the molecule is CCO[Si](CCCNC(C)=O)(OCC)O[Si](OC)(OC)OC. The summed E-state index contributed by atoms with van der Waals surface area (Å²) in [5, 5.41) is 2.74. The summed E-state index contributed by atoms with van der Waals surface area (Å²) in [6.07, 6.45) is 0.660. The molecule has 1 amide bonds. The third-order valence-corrected chi connectivity index (χ3v) is 8.96. The summed E-state index contributed by atoms with van der Waals surface area (Å²) < 4.78 is 33.6. The summed E-state index contributed by atoms with van der Waals surface area (Å²) in [4.78, 5) is 10.9. The van der Waals surface area contributed by atoms with Gasteiger partial charge >= 0.3 is 17.9 Å². The normalized spacial score (nSPS) is 12.5. The van der Waals surface area contributed by atoms with Gasteiger partial charge in [0.1, 0.15) is 0 Å². The number of hydrogen-bond acceptors (Lipinski definition) is 7. The fourth-order valence-electron chi connectivity index (χ4n) is 1.87. The second kappa shape index (κ2) is 11.2. The van der Waals surface area contributed by atoms with Crippen molar-refractivity contribution in [2.45, 2.75) is 33.2 Å². The molecule has 0 aromatic heterocycles. The Hall–Kier alpha value is -0.336. The first-order chi connectivity index (χ1) is 10.4. The second-order valence-corrected chi connectivity index (χ2v) is 9.83. The Morgan fingerprint density at radius 3 is 1.86 bits per heavy atom. The van der Waals surface area contributed by atoms with Crippen molar-refractivity contribution in [3.8, 4) is 0 Å². The van der Waals surface area contributed by atoms with E-state index in [1.807, 2.05) is 13.8 Å². The third kappa shape index (κ3) is 7.28. The number of amides is 1. The average Bonchev–Trinajstić information content (AvgIpc) is 2.50. The minimum atomic E-state index is -3.28. The van der Waals surface area contributed by atoms with E-state index in [2.05, 4.69) is 5.32 Å². The van der Waals surface area contributed by atoms with Crippen LogP contribution in [0.3, 0.4) is 0 Å². The predicted octanol–water partition coefficient (Wildman–Crippen LogP) is 0.916. The molecular formula is C12H29NO7Si2. The lowest BCUT2D eigenvalue weighted by Crippen LogP contribution is -2.59. The molecule has 0 fully saturated rings. The molecule has 0 bridgehead atoms. The highest BCUT2D eigenvalue weighted by Crippen LogP contribution is 2.24. The number of carbonyl (C=O) groups is 1. The van der Waals surface area contributed by atoms with Crippen LogP contribution in [0.15, 0.2) is 0 Å². The smallest absolute Gasteiger partial charge is 0.374 e. The van der Waals surface area contributed by atoms with Crippen LogP contribution in [0.4, 0.5) is 0 Å². The van der Waals surface area contributed by atoms with E-state index in [-0.39, 0.29) is 5.91 Å². The number of carbonyl (C=O) groups excluding carboxylic acids is 1. The maximum absolute atomic E-state index is 10.9. The number of nitrogens with one attached hydrogen (secondary N) is 1. The first-order valence-electron chi connectivity index (χ1n) is 7.31. The second-order valence-electron chi connectivity index (χ2n) is 4.35. The number of hydrogen-bond donors (Lipinski definition) is 1. The van der Waals surface area contributed by atoms with Crippen LogP contribution in [0.1, 0.15) is 27.2 Å². The lowest BCUT2D eigenvalue weighted by molar-refractivity contribution is -0.118. The summed E-state index contributed by atoms with van der Waals surface area (Å²) in [7, 11) is -1.92. The molecule has 10 heteroatoms. The zero-order valence-electron chi connectivity index (χ0n) is 14.4. The van der Waals surface area contributed by atoms with Gasteiger partial charge in [0.15, 0.2) is 0 Å². The van der Waals surface area contributed by atoms with Gasteiger partial charge in [-0.2, -0.15) is 0 Å². The van der Waals surface area contributed by atoms with Gasteiger partial charge in [-0.25, -0.2) is 0 Å². The topological polar surface area (TPSA) is 84.5 Å². The predicted molar refractivity (Wildman–Crippen MR) is 85.0 cm³/mol. The van der Waals surface area contributed by atoms with Crippen molar-refractivity contribution in [1.29, 1.82) is 0 Å². The van der Waals surface area contributed by atoms with Crippen molar-refractivity contribution in [3.63, 3.8) is 0 Å². The molecule has 0 radical (unpaired) electrons. The van der Waals surface area contributed by atoms with E-state index in [1.165, 1.54) is 28.3 Å². The molecule has 0 aliphatic carbocycles. The molecule has 0 saturated heterocycles. The largest absolute Gasteiger partial charge is 0.671 e. The van der Waals surface area contributed by atoms with E-state index in [1.54, 1.807) is 0 Å². The number of rotatable bonds is 13. The monoisotopic (exact) mass is 355 g/mol. The van der Waals surface area contributed by atoms with Crippen LogP contribution in [-0.4, -0.2) is 64.8 Å². The molecule has 1 N–H and O–H groups in total. The van der Waals surface area contributed by atoms with Gasteiger partial charge in [0, 0.05) is 54.1 Å². The Morgan fingerprint density at radius 1 is 1.00 bits per heavy atom. The molecule has 0 spiro atoms.